The summed E-state index contributed by atoms with van der Waals surface area (Å²) in [7, 11) is 0. The first kappa shape index (κ1) is 18.7. The van der Waals surface area contributed by atoms with Crippen molar-refractivity contribution in [2.75, 3.05) is 18.8 Å². The van der Waals surface area contributed by atoms with Crippen molar-refractivity contribution in [3.8, 4) is 0 Å². The lowest BCUT2D eigenvalue weighted by molar-refractivity contribution is -0.127. The summed E-state index contributed by atoms with van der Waals surface area (Å²) in [6, 6.07) is 0.243. The number of hydrogen-bond acceptors (Lipinski definition) is 5. The molecule has 1 saturated heterocycles. The van der Waals surface area contributed by atoms with Crippen LogP contribution in [0.15, 0.2) is 9.95 Å². The number of carbonyl (C=O) groups excluding carboxylic acids is 1. The van der Waals surface area contributed by atoms with Crippen LogP contribution in [-0.4, -0.2) is 39.2 Å². The first-order valence-electron chi connectivity index (χ1n) is 10.7. The van der Waals surface area contributed by atoms with Gasteiger partial charge in [-0.1, -0.05) is 24.6 Å². The van der Waals surface area contributed by atoms with Crippen molar-refractivity contribution in [1.82, 2.24) is 14.5 Å². The molecule has 2 aromatic rings. The number of nitrogens with zero attached hydrogens (tertiary/aromatic N) is 3. The number of thioether (sulfide) groups is 1. The van der Waals surface area contributed by atoms with Gasteiger partial charge in [0.15, 0.2) is 5.16 Å². The Balaban J connectivity index is 1.53. The van der Waals surface area contributed by atoms with E-state index >= 15 is 0 Å². The lowest BCUT2D eigenvalue weighted by Gasteiger charge is -2.19. The van der Waals surface area contributed by atoms with Crippen LogP contribution in [0.3, 0.4) is 0 Å². The first-order valence-corrected chi connectivity index (χ1v) is 12.5. The Morgan fingerprint density at radius 1 is 1.07 bits per heavy atom. The Morgan fingerprint density at radius 3 is 2.61 bits per heavy atom. The molecule has 0 radical (unpaired) electrons. The fraction of sp³-hybridized carbons (Fsp3) is 0.667. The van der Waals surface area contributed by atoms with Gasteiger partial charge in [-0.15, -0.1) is 11.3 Å². The molecule has 5 nitrogen and oxygen atoms in total. The highest BCUT2D eigenvalue weighted by atomic mass is 32.2. The largest absolute Gasteiger partial charge is 0.342 e. The maximum Gasteiger partial charge on any atom is 0.263 e. The van der Waals surface area contributed by atoms with E-state index in [1.807, 2.05) is 9.47 Å². The van der Waals surface area contributed by atoms with Crippen molar-refractivity contribution < 1.29 is 4.79 Å². The number of amides is 1. The van der Waals surface area contributed by atoms with Gasteiger partial charge >= 0.3 is 0 Å². The van der Waals surface area contributed by atoms with Crippen LogP contribution in [0.4, 0.5) is 0 Å². The highest BCUT2D eigenvalue weighted by Crippen LogP contribution is 2.37. The molecule has 1 saturated carbocycles. The Kier molecular flexibility index (Phi) is 5.22. The van der Waals surface area contributed by atoms with Gasteiger partial charge in [-0.25, -0.2) is 4.98 Å². The molecule has 0 N–H and O–H groups in total. The van der Waals surface area contributed by atoms with E-state index in [-0.39, 0.29) is 17.5 Å². The topological polar surface area (TPSA) is 55.2 Å². The van der Waals surface area contributed by atoms with Crippen LogP contribution in [0.5, 0.6) is 0 Å². The van der Waals surface area contributed by atoms with Gasteiger partial charge in [0.2, 0.25) is 5.91 Å². The zero-order chi connectivity index (χ0) is 19.1. The molecule has 0 spiro atoms. The Bertz CT molecular complexity index is 953. The van der Waals surface area contributed by atoms with Crippen molar-refractivity contribution in [2.24, 2.45) is 0 Å². The number of hydrogen-bond donors (Lipinski definition) is 0. The molecule has 3 heterocycles. The molecule has 2 fully saturated rings. The van der Waals surface area contributed by atoms with E-state index in [9.17, 15) is 9.59 Å². The molecule has 5 rings (SSSR count). The van der Waals surface area contributed by atoms with E-state index in [0.717, 1.165) is 67.0 Å². The summed E-state index contributed by atoms with van der Waals surface area (Å²) in [5, 5.41) is 1.64. The second-order valence-corrected chi connectivity index (χ2v) is 10.3. The zero-order valence-electron chi connectivity index (χ0n) is 16.2. The molecule has 2 aliphatic carbocycles. The first-order chi connectivity index (χ1) is 13.7. The molecule has 1 aliphatic heterocycles. The minimum Gasteiger partial charge on any atom is -0.342 e. The highest BCUT2D eigenvalue weighted by molar-refractivity contribution is 7.99. The quantitative estimate of drug-likeness (QED) is 0.553. The van der Waals surface area contributed by atoms with Gasteiger partial charge in [0.25, 0.3) is 5.56 Å². The van der Waals surface area contributed by atoms with Gasteiger partial charge < -0.3 is 4.90 Å². The maximum absolute atomic E-state index is 13.6. The maximum atomic E-state index is 13.6. The van der Waals surface area contributed by atoms with Crippen molar-refractivity contribution in [1.29, 1.82) is 0 Å². The van der Waals surface area contributed by atoms with Crippen LogP contribution in [0.25, 0.3) is 10.2 Å². The predicted molar refractivity (Wildman–Crippen MR) is 115 cm³/mol. The number of carbonyl (C=O) groups is 1. The third-order valence-corrected chi connectivity index (χ3v) is 8.59. The van der Waals surface area contributed by atoms with Gasteiger partial charge in [0.1, 0.15) is 4.83 Å². The monoisotopic (exact) mass is 417 g/mol. The number of aromatic nitrogens is 2. The molecule has 7 heteroatoms. The molecule has 0 unspecified atom stereocenters. The van der Waals surface area contributed by atoms with Crippen LogP contribution in [0, 0.1) is 0 Å². The number of thiophene rings is 1. The highest BCUT2D eigenvalue weighted by Gasteiger charge is 2.27. The molecule has 0 aromatic carbocycles. The van der Waals surface area contributed by atoms with E-state index in [1.54, 1.807) is 11.3 Å². The second kappa shape index (κ2) is 7.82. The van der Waals surface area contributed by atoms with Crippen LogP contribution in [0.2, 0.25) is 0 Å². The van der Waals surface area contributed by atoms with Gasteiger partial charge in [0.05, 0.1) is 11.1 Å². The summed E-state index contributed by atoms with van der Waals surface area (Å²) in [6.07, 6.45) is 11.1. The summed E-state index contributed by atoms with van der Waals surface area (Å²) in [5.74, 6) is 0.566. The van der Waals surface area contributed by atoms with Crippen molar-refractivity contribution in [3.05, 3.63) is 20.8 Å². The van der Waals surface area contributed by atoms with Crippen LogP contribution >= 0.6 is 23.1 Å². The fourth-order valence-electron chi connectivity index (χ4n) is 4.97. The van der Waals surface area contributed by atoms with Gasteiger partial charge in [-0.2, -0.15) is 0 Å². The predicted octanol–water partition coefficient (Wildman–Crippen LogP) is 4.17. The number of fused-ring (bicyclic) bond motifs is 3. The van der Waals surface area contributed by atoms with E-state index in [4.69, 9.17) is 4.98 Å². The van der Waals surface area contributed by atoms with Crippen molar-refractivity contribution in [3.63, 3.8) is 0 Å². The number of aryl methyl sites for hydroxylation is 2. The summed E-state index contributed by atoms with van der Waals surface area (Å²) >= 11 is 3.18. The molecular weight excluding hydrogens is 390 g/mol. The molecule has 28 heavy (non-hydrogen) atoms. The van der Waals surface area contributed by atoms with Gasteiger partial charge in [0, 0.05) is 24.0 Å². The average molecular weight is 418 g/mol. The molecule has 1 amide bonds. The molecule has 150 valence electrons. The molecule has 3 aliphatic rings. The lowest BCUT2D eigenvalue weighted by Crippen LogP contribution is -2.30. The zero-order valence-corrected chi connectivity index (χ0v) is 17.9. The Labute approximate surface area is 173 Å². The molecule has 0 atom stereocenters. The Morgan fingerprint density at radius 2 is 1.82 bits per heavy atom. The van der Waals surface area contributed by atoms with Crippen LogP contribution < -0.4 is 5.56 Å². The smallest absolute Gasteiger partial charge is 0.263 e. The van der Waals surface area contributed by atoms with Crippen molar-refractivity contribution >= 4 is 39.2 Å². The third-order valence-electron chi connectivity index (χ3n) is 6.46. The lowest BCUT2D eigenvalue weighted by atomic mass is 9.97. The average Bonchev–Trinajstić information content (AvgIpc) is 3.46. The summed E-state index contributed by atoms with van der Waals surface area (Å²) in [4.78, 5) is 35.3. The number of likely N-dealkylation sites (tertiary alicyclic amines) is 1. The summed E-state index contributed by atoms with van der Waals surface area (Å²) in [5.41, 5.74) is 1.41. The summed E-state index contributed by atoms with van der Waals surface area (Å²) in [6.45, 7) is 1.75. The van der Waals surface area contributed by atoms with Crippen LogP contribution in [-0.2, 0) is 17.6 Å². The molecular formula is C21H27N3O2S2. The molecule has 0 bridgehead atoms. The standard InChI is InChI=1S/C21H27N3O2S2/c25-17(23-11-5-6-12-23)13-27-21-22-19-18(15-9-3-4-10-16(15)28-19)20(26)24(21)14-7-1-2-8-14/h14H,1-13H2. The van der Waals surface area contributed by atoms with Crippen molar-refractivity contribution in [2.45, 2.75) is 75.4 Å². The minimum atomic E-state index is 0.146. The number of rotatable bonds is 4. The van der Waals surface area contributed by atoms with Gasteiger partial charge in [-0.3, -0.25) is 14.2 Å². The molecule has 2 aromatic heterocycles. The fourth-order valence-corrected chi connectivity index (χ4v) is 7.24. The summed E-state index contributed by atoms with van der Waals surface area (Å²) < 4.78 is 1.96. The van der Waals surface area contributed by atoms with E-state index in [1.165, 1.54) is 47.9 Å². The normalized spacial score (nSPS) is 20.2. The van der Waals surface area contributed by atoms with E-state index in [0.29, 0.717) is 5.75 Å². The third kappa shape index (κ3) is 3.30. The van der Waals surface area contributed by atoms with E-state index in [2.05, 4.69) is 0 Å². The SMILES string of the molecule is O=C(CSc1nc2sc3c(c2c(=O)n1C1CCCC1)CCCC3)N1CCCC1. The minimum absolute atomic E-state index is 0.146. The van der Waals surface area contributed by atoms with Gasteiger partial charge in [-0.05, 0) is 56.9 Å². The second-order valence-electron chi connectivity index (χ2n) is 8.28. The van der Waals surface area contributed by atoms with Crippen LogP contribution in [0.1, 0.15) is 67.8 Å². The Hall–Kier alpha value is -1.34. The van der Waals surface area contributed by atoms with E-state index < -0.39 is 0 Å².